The molecule has 8 nitrogen and oxygen atoms in total. The number of nitrogens with zero attached hydrogens (tertiary/aromatic N) is 8. The molecule has 246 valence electrons. The molecular formula is C34H46N8S4. The maximum atomic E-state index is 4.17. The molecule has 4 aliphatic heterocycles. The van der Waals surface area contributed by atoms with Crippen molar-refractivity contribution in [2.75, 3.05) is 0 Å². The van der Waals surface area contributed by atoms with Crippen LogP contribution in [-0.2, 0) is 51.9 Å². The highest BCUT2D eigenvalue weighted by atomic mass is 32.1. The zero-order valence-electron chi connectivity index (χ0n) is 28.9. The molecule has 0 saturated carbocycles. The van der Waals surface area contributed by atoms with Crippen LogP contribution in [-0.4, -0.2) is 0 Å². The Hall–Kier alpha value is -2.80. The molecule has 0 bridgehead atoms. The van der Waals surface area contributed by atoms with E-state index in [1.54, 1.807) is 0 Å². The van der Waals surface area contributed by atoms with Gasteiger partial charge in [0.2, 0.25) is 0 Å². The predicted octanol–water partition coefficient (Wildman–Crippen LogP) is 13.9. The Kier molecular flexibility index (Phi) is 13.2. The van der Waals surface area contributed by atoms with Crippen LogP contribution in [0.3, 0.4) is 0 Å². The normalized spacial score (nSPS) is 13.5. The number of thiophene rings is 4. The molecule has 4 aliphatic rings. The maximum Gasteiger partial charge on any atom is 0.105 e. The molecule has 0 saturated heterocycles. The maximum absolute atomic E-state index is 4.17. The van der Waals surface area contributed by atoms with Gasteiger partial charge in [-0.2, -0.15) is 40.9 Å². The summed E-state index contributed by atoms with van der Waals surface area (Å²) in [6.45, 7) is 24.4. The van der Waals surface area contributed by atoms with Crippen molar-refractivity contribution >= 4 is 68.1 Å². The summed E-state index contributed by atoms with van der Waals surface area (Å²) in [5.41, 5.74) is 10.1. The van der Waals surface area contributed by atoms with Crippen molar-refractivity contribution in [1.29, 1.82) is 0 Å². The van der Waals surface area contributed by atoms with E-state index in [1.807, 2.05) is 59.2 Å². The third-order valence-corrected chi connectivity index (χ3v) is 13.0. The van der Waals surface area contributed by atoms with Crippen molar-refractivity contribution in [2.24, 2.45) is 40.9 Å². The molecule has 0 aliphatic carbocycles. The van der Waals surface area contributed by atoms with Crippen molar-refractivity contribution in [3.8, 4) is 0 Å². The lowest BCUT2D eigenvalue weighted by atomic mass is 10.2. The largest absolute Gasteiger partial charge is 0.184 e. The van der Waals surface area contributed by atoms with Gasteiger partial charge in [-0.25, -0.2) is 0 Å². The van der Waals surface area contributed by atoms with Crippen LogP contribution in [0.15, 0.2) is 40.9 Å². The monoisotopic (exact) mass is 694 g/mol. The fourth-order valence-corrected chi connectivity index (χ4v) is 9.78. The van der Waals surface area contributed by atoms with E-state index < -0.39 is 0 Å². The highest BCUT2D eigenvalue weighted by molar-refractivity contribution is 7.13. The summed E-state index contributed by atoms with van der Waals surface area (Å²) in [4.78, 5) is 11.1. The highest BCUT2D eigenvalue weighted by Crippen LogP contribution is 2.42. The van der Waals surface area contributed by atoms with Gasteiger partial charge in [-0.1, -0.05) is 41.5 Å². The molecule has 0 unspecified atom stereocenters. The van der Waals surface area contributed by atoms with Crippen molar-refractivity contribution in [2.45, 2.75) is 121 Å². The zero-order valence-corrected chi connectivity index (χ0v) is 32.1. The average Bonchev–Trinajstić information content (AvgIpc) is 3.90. The van der Waals surface area contributed by atoms with Gasteiger partial charge in [-0.15, -0.1) is 45.3 Å². The van der Waals surface area contributed by atoms with Crippen molar-refractivity contribution in [1.82, 2.24) is 0 Å². The molecule has 0 fully saturated rings. The van der Waals surface area contributed by atoms with E-state index in [9.17, 15) is 0 Å². The van der Waals surface area contributed by atoms with Gasteiger partial charge in [0.1, 0.15) is 22.7 Å². The molecule has 0 spiro atoms. The summed E-state index contributed by atoms with van der Waals surface area (Å²) < 4.78 is 0. The van der Waals surface area contributed by atoms with Crippen LogP contribution in [0.5, 0.6) is 0 Å². The highest BCUT2D eigenvalue weighted by Gasteiger charge is 2.20. The van der Waals surface area contributed by atoms with Crippen LogP contribution in [0, 0.1) is 27.7 Å². The van der Waals surface area contributed by atoms with Gasteiger partial charge < -0.3 is 0 Å². The third kappa shape index (κ3) is 7.67. The second kappa shape index (κ2) is 16.9. The summed E-state index contributed by atoms with van der Waals surface area (Å²) >= 11 is 7.45. The first-order valence-corrected chi connectivity index (χ1v) is 19.5. The topological polar surface area (TPSA) is 98.9 Å². The van der Waals surface area contributed by atoms with E-state index in [4.69, 9.17) is 0 Å². The molecule has 0 amide bonds. The SMILES string of the molecule is CC.CCc1sc(CC)c2c1CN=N2.CCc1sc(CC)c2c1CN=N2.Cc1sc(C)c2c1CN=N2.Cc1sc(C)c2c1CN=N2. The van der Waals surface area contributed by atoms with Crippen molar-refractivity contribution in [3.05, 3.63) is 61.3 Å². The predicted molar refractivity (Wildman–Crippen MR) is 198 cm³/mol. The molecule has 4 aromatic rings. The number of hydrogen-bond donors (Lipinski definition) is 0. The first-order chi connectivity index (χ1) is 22.3. The first-order valence-electron chi connectivity index (χ1n) is 16.2. The summed E-state index contributed by atoms with van der Waals surface area (Å²) in [6.07, 6.45) is 4.42. The summed E-state index contributed by atoms with van der Waals surface area (Å²) in [5.74, 6) is 0. The molecule has 8 heterocycles. The smallest absolute Gasteiger partial charge is 0.105 e. The van der Waals surface area contributed by atoms with Crippen LogP contribution in [0.25, 0.3) is 0 Å². The summed E-state index contributed by atoms with van der Waals surface area (Å²) in [6, 6.07) is 0. The number of azo groups is 4. The van der Waals surface area contributed by atoms with Gasteiger partial charge in [-0.3, -0.25) is 0 Å². The molecule has 8 rings (SSSR count). The molecule has 4 aromatic heterocycles. The minimum atomic E-state index is 0.797. The molecule has 0 N–H and O–H groups in total. The van der Waals surface area contributed by atoms with Gasteiger partial charge >= 0.3 is 0 Å². The van der Waals surface area contributed by atoms with Crippen molar-refractivity contribution < 1.29 is 0 Å². The Balaban J connectivity index is 0.000000137. The van der Waals surface area contributed by atoms with E-state index in [-0.39, 0.29) is 0 Å². The van der Waals surface area contributed by atoms with E-state index >= 15 is 0 Å². The summed E-state index contributed by atoms with van der Waals surface area (Å²) in [5, 5.41) is 32.5. The second-order valence-corrected chi connectivity index (χ2v) is 15.9. The van der Waals surface area contributed by atoms with Crippen LogP contribution >= 0.6 is 45.3 Å². The quantitative estimate of drug-likeness (QED) is 0.203. The molecule has 0 radical (unpaired) electrons. The molecular weight excluding hydrogens is 649 g/mol. The van der Waals surface area contributed by atoms with Gasteiger partial charge in [0.15, 0.2) is 0 Å². The Labute approximate surface area is 290 Å². The Morgan fingerprint density at radius 2 is 0.696 bits per heavy atom. The van der Waals surface area contributed by atoms with Crippen molar-refractivity contribution in [3.63, 3.8) is 0 Å². The number of hydrogen-bond acceptors (Lipinski definition) is 12. The van der Waals surface area contributed by atoms with Crippen LogP contribution in [0.1, 0.15) is 103 Å². The lowest BCUT2D eigenvalue weighted by molar-refractivity contribution is 1.01. The first kappa shape index (κ1) is 36.0. The second-order valence-electron chi connectivity index (χ2n) is 10.6. The molecule has 12 heteroatoms. The van der Waals surface area contributed by atoms with E-state index in [2.05, 4.69) is 96.3 Å². The van der Waals surface area contributed by atoms with Crippen LogP contribution < -0.4 is 0 Å². The minimum absolute atomic E-state index is 0.797. The van der Waals surface area contributed by atoms with Crippen LogP contribution in [0.4, 0.5) is 22.7 Å². The Morgan fingerprint density at radius 3 is 1.00 bits per heavy atom. The lowest BCUT2D eigenvalue weighted by Gasteiger charge is -1.90. The standard InChI is InChI=1S/2C9H12N2S.2C7H8N2S.C2H6/c2*1-3-7-6-5-10-11-9(6)8(4-2)12-7;2*1-4-6-3-8-9-7(6)5(2)10-4;1-2/h2*3-5H2,1-2H3;2*3H2,1-2H3;1-2H3. The van der Waals surface area contributed by atoms with E-state index in [0.717, 1.165) is 63.2 Å². The average molecular weight is 695 g/mol. The molecule has 0 aromatic carbocycles. The fourth-order valence-electron chi connectivity index (χ4n) is 5.51. The Bertz CT molecular complexity index is 1630. The van der Waals surface area contributed by atoms with Gasteiger partial charge in [-0.05, 0) is 53.4 Å². The zero-order chi connectivity index (χ0) is 33.4. The summed E-state index contributed by atoms with van der Waals surface area (Å²) in [7, 11) is 0. The van der Waals surface area contributed by atoms with E-state index in [0.29, 0.717) is 0 Å². The van der Waals surface area contributed by atoms with Gasteiger partial charge in [0.05, 0.1) is 26.2 Å². The Morgan fingerprint density at radius 1 is 0.391 bits per heavy atom. The lowest BCUT2D eigenvalue weighted by Crippen LogP contribution is -1.79. The third-order valence-electron chi connectivity index (χ3n) is 7.85. The minimum Gasteiger partial charge on any atom is -0.184 e. The number of fused-ring (bicyclic) bond motifs is 4. The number of aryl methyl sites for hydroxylation is 8. The number of rotatable bonds is 4. The fraction of sp³-hybridized carbons (Fsp3) is 0.529. The molecule has 46 heavy (non-hydrogen) atoms. The van der Waals surface area contributed by atoms with Gasteiger partial charge in [0, 0.05) is 61.3 Å². The van der Waals surface area contributed by atoms with Crippen LogP contribution in [0.2, 0.25) is 0 Å². The van der Waals surface area contributed by atoms with Gasteiger partial charge in [0.25, 0.3) is 0 Å². The molecule has 0 atom stereocenters. The van der Waals surface area contributed by atoms with E-state index in [1.165, 1.54) is 72.6 Å².